The molecule has 0 bridgehead atoms. The summed E-state index contributed by atoms with van der Waals surface area (Å²) in [4.78, 5) is 5.08. The summed E-state index contributed by atoms with van der Waals surface area (Å²) in [6.45, 7) is 1.03. The number of allylic oxidation sites excluding steroid dienone is 1. The molecule has 0 radical (unpaired) electrons. The third kappa shape index (κ3) is 5.46. The molecule has 164 valence electrons. The largest absolute Gasteiger partial charge is 0.496 e. The van der Waals surface area contributed by atoms with Gasteiger partial charge in [0, 0.05) is 24.6 Å². The van der Waals surface area contributed by atoms with Crippen molar-refractivity contribution >= 4 is 6.21 Å². The summed E-state index contributed by atoms with van der Waals surface area (Å²) in [6.07, 6.45) is 16.5. The van der Waals surface area contributed by atoms with Crippen LogP contribution in [0, 0.1) is 0 Å². The zero-order valence-corrected chi connectivity index (χ0v) is 18.8. The molecule has 1 heterocycles. The van der Waals surface area contributed by atoms with Crippen LogP contribution < -0.4 is 10.1 Å². The zero-order chi connectivity index (χ0) is 21.4. The first kappa shape index (κ1) is 21.8. The molecule has 0 saturated heterocycles. The Morgan fingerprint density at radius 3 is 2.45 bits per heavy atom. The fourth-order valence-electron chi connectivity index (χ4n) is 5.33. The predicted octanol–water partition coefficient (Wildman–Crippen LogP) is 6.10. The third-order valence-electron chi connectivity index (χ3n) is 6.98. The lowest BCUT2D eigenvalue weighted by atomic mass is 9.74. The summed E-state index contributed by atoms with van der Waals surface area (Å²) in [7, 11) is 1.75. The average Bonchev–Trinajstić information content (AvgIpc) is 3.12. The lowest BCUT2D eigenvalue weighted by molar-refractivity contribution is 0.367. The van der Waals surface area contributed by atoms with Crippen molar-refractivity contribution in [2.24, 2.45) is 4.99 Å². The minimum atomic E-state index is -0.277. The van der Waals surface area contributed by atoms with Gasteiger partial charge in [-0.05, 0) is 49.1 Å². The minimum Gasteiger partial charge on any atom is -0.496 e. The van der Waals surface area contributed by atoms with Gasteiger partial charge in [0.1, 0.15) is 5.75 Å². The molecule has 0 spiro atoms. The van der Waals surface area contributed by atoms with Gasteiger partial charge in [-0.25, -0.2) is 0 Å². The van der Waals surface area contributed by atoms with Crippen LogP contribution in [0.1, 0.15) is 62.0 Å². The van der Waals surface area contributed by atoms with Crippen LogP contribution in [0.2, 0.25) is 0 Å². The fraction of sp³-hybridized carbons (Fsp3) is 0.464. The maximum absolute atomic E-state index is 5.67. The first-order chi connectivity index (χ1) is 15.3. The topological polar surface area (TPSA) is 33.6 Å². The highest BCUT2D eigenvalue weighted by Crippen LogP contribution is 2.41. The molecule has 2 unspecified atom stereocenters. The normalized spacial score (nSPS) is 22.4. The van der Waals surface area contributed by atoms with Crippen molar-refractivity contribution in [3.63, 3.8) is 0 Å². The van der Waals surface area contributed by atoms with Crippen molar-refractivity contribution in [3.05, 3.63) is 77.9 Å². The van der Waals surface area contributed by atoms with Crippen LogP contribution in [0.15, 0.2) is 71.7 Å². The molecule has 1 saturated carbocycles. The number of hydrogen-bond acceptors (Lipinski definition) is 3. The van der Waals surface area contributed by atoms with E-state index >= 15 is 0 Å². The van der Waals surface area contributed by atoms with Crippen molar-refractivity contribution in [2.45, 2.75) is 68.9 Å². The Kier molecular flexibility index (Phi) is 7.58. The molecule has 1 N–H and O–H groups in total. The molecule has 2 aliphatic rings. The Hall–Kier alpha value is -2.39. The average molecular weight is 417 g/mol. The third-order valence-corrected chi connectivity index (χ3v) is 6.98. The quantitative estimate of drug-likeness (QED) is 0.501. The summed E-state index contributed by atoms with van der Waals surface area (Å²) < 4.78 is 5.67. The molecule has 31 heavy (non-hydrogen) atoms. The summed E-state index contributed by atoms with van der Waals surface area (Å²) >= 11 is 0. The van der Waals surface area contributed by atoms with E-state index in [0.29, 0.717) is 12.0 Å². The van der Waals surface area contributed by atoms with Crippen LogP contribution in [0.25, 0.3) is 0 Å². The smallest absolute Gasteiger partial charge is 0.122 e. The number of rotatable bonds is 9. The van der Waals surface area contributed by atoms with E-state index in [-0.39, 0.29) is 5.54 Å². The molecule has 0 aromatic heterocycles. The molecule has 1 aliphatic heterocycles. The molecule has 3 heteroatoms. The number of para-hydroxylation sites is 1. The van der Waals surface area contributed by atoms with E-state index in [2.05, 4.69) is 66.0 Å². The van der Waals surface area contributed by atoms with Crippen molar-refractivity contribution in [2.75, 3.05) is 13.7 Å². The van der Waals surface area contributed by atoms with Crippen LogP contribution in [0.3, 0.4) is 0 Å². The van der Waals surface area contributed by atoms with Crippen molar-refractivity contribution < 1.29 is 4.74 Å². The molecule has 4 rings (SSSR count). The van der Waals surface area contributed by atoms with Gasteiger partial charge in [0.15, 0.2) is 0 Å². The van der Waals surface area contributed by atoms with E-state index in [1.807, 2.05) is 12.3 Å². The van der Waals surface area contributed by atoms with Gasteiger partial charge in [0.25, 0.3) is 0 Å². The molecule has 1 fully saturated rings. The number of ether oxygens (including phenoxy) is 1. The second-order valence-corrected chi connectivity index (χ2v) is 9.01. The molecule has 2 atom stereocenters. The van der Waals surface area contributed by atoms with Gasteiger partial charge in [-0.3, -0.25) is 4.99 Å². The molecule has 2 aromatic rings. The van der Waals surface area contributed by atoms with Crippen LogP contribution in [0.4, 0.5) is 0 Å². The maximum Gasteiger partial charge on any atom is 0.122 e. The van der Waals surface area contributed by atoms with Crippen molar-refractivity contribution in [1.29, 1.82) is 0 Å². The van der Waals surface area contributed by atoms with Crippen LogP contribution in [-0.2, 0) is 6.42 Å². The lowest BCUT2D eigenvalue weighted by Crippen LogP contribution is -2.37. The first-order valence-electron chi connectivity index (χ1n) is 11.9. The van der Waals surface area contributed by atoms with E-state index < -0.39 is 0 Å². The zero-order valence-electron chi connectivity index (χ0n) is 18.8. The molecule has 1 aliphatic carbocycles. The van der Waals surface area contributed by atoms with Crippen molar-refractivity contribution in [1.82, 2.24) is 5.32 Å². The van der Waals surface area contributed by atoms with Gasteiger partial charge in [0.05, 0.1) is 12.6 Å². The van der Waals surface area contributed by atoms with Crippen molar-refractivity contribution in [3.8, 4) is 5.75 Å². The van der Waals surface area contributed by atoms with Gasteiger partial charge in [0.2, 0.25) is 0 Å². The summed E-state index contributed by atoms with van der Waals surface area (Å²) in [6, 6.07) is 20.0. The number of aliphatic imine (C=N–C) groups is 1. The predicted molar refractivity (Wildman–Crippen MR) is 130 cm³/mol. The molecule has 0 amide bonds. The van der Waals surface area contributed by atoms with Crippen LogP contribution in [0.5, 0.6) is 5.75 Å². The van der Waals surface area contributed by atoms with Crippen LogP contribution >= 0.6 is 0 Å². The molecular weight excluding hydrogens is 380 g/mol. The van der Waals surface area contributed by atoms with Gasteiger partial charge in [-0.15, -0.1) is 0 Å². The van der Waals surface area contributed by atoms with Gasteiger partial charge >= 0.3 is 0 Å². The number of methoxy groups -OCH3 is 1. The second-order valence-electron chi connectivity index (χ2n) is 9.01. The Bertz CT molecular complexity index is 854. The maximum atomic E-state index is 5.67. The Morgan fingerprint density at radius 2 is 1.74 bits per heavy atom. The van der Waals surface area contributed by atoms with Gasteiger partial charge in [-0.1, -0.05) is 80.3 Å². The summed E-state index contributed by atoms with van der Waals surface area (Å²) in [5.41, 5.74) is 2.30. The van der Waals surface area contributed by atoms with Gasteiger partial charge in [-0.2, -0.15) is 0 Å². The van der Waals surface area contributed by atoms with E-state index in [1.54, 1.807) is 7.11 Å². The number of nitrogens with one attached hydrogen (secondary N) is 1. The number of hydrogen-bond donors (Lipinski definition) is 1. The fourth-order valence-corrected chi connectivity index (χ4v) is 5.33. The summed E-state index contributed by atoms with van der Waals surface area (Å²) in [5.74, 6) is 1.26. The molecular formula is C28H36N2O. The Morgan fingerprint density at radius 1 is 1.00 bits per heavy atom. The number of benzene rings is 2. The monoisotopic (exact) mass is 416 g/mol. The summed E-state index contributed by atoms with van der Waals surface area (Å²) in [5, 5.41) is 3.89. The minimum absolute atomic E-state index is 0.277. The molecule has 3 nitrogen and oxygen atoms in total. The second kappa shape index (κ2) is 10.8. The first-order valence-corrected chi connectivity index (χ1v) is 11.9. The highest BCUT2D eigenvalue weighted by atomic mass is 16.5. The highest BCUT2D eigenvalue weighted by molar-refractivity contribution is 5.76. The van der Waals surface area contributed by atoms with Gasteiger partial charge < -0.3 is 10.1 Å². The standard InChI is InChI=1S/C28H36N2O/c1-31-27-17-10-9-14-24(27)22-28(19-11-20-30-28)26(23-12-5-4-6-13-23)18-21-29-25-15-7-2-3-8-16-25/h4-6,9-14,17,19-20,25-26,29H,2-3,7-8,15-16,18,21-22H2,1H3. The SMILES string of the molecule is COc1ccccc1CC1(C(CCNC2CCCCCC2)c2ccccc2)C=CC=N1. The van der Waals surface area contributed by atoms with E-state index in [4.69, 9.17) is 9.73 Å². The Balaban J connectivity index is 1.56. The van der Waals surface area contributed by atoms with E-state index in [0.717, 1.165) is 25.1 Å². The lowest BCUT2D eigenvalue weighted by Gasteiger charge is -2.35. The Labute approximate surface area is 187 Å². The number of nitrogens with zero attached hydrogens (tertiary/aromatic N) is 1. The van der Waals surface area contributed by atoms with E-state index in [9.17, 15) is 0 Å². The highest BCUT2D eigenvalue weighted by Gasteiger charge is 2.39. The van der Waals surface area contributed by atoms with Crippen LogP contribution in [-0.4, -0.2) is 31.4 Å². The van der Waals surface area contributed by atoms with E-state index in [1.165, 1.54) is 49.7 Å². The molecule has 2 aromatic carbocycles.